The summed E-state index contributed by atoms with van der Waals surface area (Å²) in [6, 6.07) is 4.00. The highest BCUT2D eigenvalue weighted by molar-refractivity contribution is 5.97. The molecule has 0 amide bonds. The largest absolute Gasteiger partial charge is 0.409 e. The molecule has 0 unspecified atom stereocenters. The molecule has 1 aromatic carbocycles. The van der Waals surface area contributed by atoms with E-state index in [1.54, 1.807) is 6.07 Å². The molecule has 0 radical (unpaired) electrons. The Labute approximate surface area is 114 Å². The van der Waals surface area contributed by atoms with Gasteiger partial charge in [-0.2, -0.15) is 0 Å². The summed E-state index contributed by atoms with van der Waals surface area (Å²) in [6.07, 6.45) is -2.48. The van der Waals surface area contributed by atoms with Crippen molar-refractivity contribution in [3.63, 3.8) is 0 Å². The Morgan fingerprint density at radius 2 is 2.15 bits per heavy atom. The van der Waals surface area contributed by atoms with Gasteiger partial charge < -0.3 is 21.0 Å². The third-order valence-electron chi connectivity index (χ3n) is 2.36. The first-order valence-electron chi connectivity index (χ1n) is 5.87. The molecule has 20 heavy (non-hydrogen) atoms. The highest BCUT2D eigenvalue weighted by Crippen LogP contribution is 2.09. The van der Waals surface area contributed by atoms with Gasteiger partial charge in [0.2, 0.25) is 0 Å². The number of benzene rings is 1. The highest BCUT2D eigenvalue weighted by Gasteiger charge is 2.05. The van der Waals surface area contributed by atoms with Crippen LogP contribution >= 0.6 is 0 Å². The Hall–Kier alpha value is -1.80. The van der Waals surface area contributed by atoms with Crippen LogP contribution in [-0.4, -0.2) is 37.2 Å². The highest BCUT2D eigenvalue weighted by atomic mass is 19.3. The number of alkyl halides is 2. The van der Waals surface area contributed by atoms with Gasteiger partial charge in [-0.15, -0.1) is 0 Å². The molecule has 1 aromatic rings. The molecule has 0 spiro atoms. The van der Waals surface area contributed by atoms with E-state index in [0.717, 1.165) is 6.07 Å². The van der Waals surface area contributed by atoms with Crippen LogP contribution in [0.4, 0.5) is 13.2 Å². The molecular weight excluding hydrogens is 275 g/mol. The third kappa shape index (κ3) is 5.89. The van der Waals surface area contributed by atoms with Gasteiger partial charge in [0.1, 0.15) is 12.4 Å². The van der Waals surface area contributed by atoms with E-state index in [2.05, 4.69) is 15.2 Å². The summed E-state index contributed by atoms with van der Waals surface area (Å²) in [7, 11) is 0. The molecule has 0 aromatic heterocycles. The molecule has 112 valence electrons. The van der Waals surface area contributed by atoms with Crippen molar-refractivity contribution in [2.45, 2.75) is 13.0 Å². The fourth-order valence-electron chi connectivity index (χ4n) is 1.51. The van der Waals surface area contributed by atoms with Crippen molar-refractivity contribution in [1.82, 2.24) is 5.32 Å². The van der Waals surface area contributed by atoms with Crippen LogP contribution in [0.15, 0.2) is 23.4 Å². The average Bonchev–Trinajstić information content (AvgIpc) is 2.40. The van der Waals surface area contributed by atoms with E-state index in [9.17, 15) is 13.2 Å². The van der Waals surface area contributed by atoms with Crippen molar-refractivity contribution in [2.24, 2.45) is 10.9 Å². The van der Waals surface area contributed by atoms with E-state index in [-0.39, 0.29) is 18.0 Å². The van der Waals surface area contributed by atoms with Gasteiger partial charge in [-0.1, -0.05) is 5.16 Å². The maximum atomic E-state index is 13.3. The van der Waals surface area contributed by atoms with Crippen LogP contribution in [0.3, 0.4) is 0 Å². The standard InChI is InChI=1S/C12H16F3N3O2/c13-10-4-8(3-9(5-10)12(16)18-19)6-17-1-2-20-7-11(14)15/h3-5,11,17,19H,1-2,6-7H2,(H2,16,18). The van der Waals surface area contributed by atoms with Crippen LogP contribution in [0.5, 0.6) is 0 Å². The Balaban J connectivity index is 2.42. The van der Waals surface area contributed by atoms with Crippen LogP contribution in [0.2, 0.25) is 0 Å². The second-order valence-corrected chi connectivity index (χ2v) is 3.98. The van der Waals surface area contributed by atoms with Gasteiger partial charge >= 0.3 is 0 Å². The molecule has 0 bridgehead atoms. The Bertz CT molecular complexity index is 456. The number of nitrogens with zero attached hydrogens (tertiary/aromatic N) is 1. The van der Waals surface area contributed by atoms with Gasteiger partial charge in [-0.05, 0) is 23.8 Å². The van der Waals surface area contributed by atoms with E-state index >= 15 is 0 Å². The van der Waals surface area contributed by atoms with Crippen molar-refractivity contribution < 1.29 is 23.1 Å². The number of hydrogen-bond donors (Lipinski definition) is 3. The molecular formula is C12H16F3N3O2. The quantitative estimate of drug-likeness (QED) is 0.222. The summed E-state index contributed by atoms with van der Waals surface area (Å²) in [5.74, 6) is -0.703. The lowest BCUT2D eigenvalue weighted by Crippen LogP contribution is -2.21. The smallest absolute Gasteiger partial charge is 0.261 e. The maximum absolute atomic E-state index is 13.3. The molecule has 1 rings (SSSR count). The van der Waals surface area contributed by atoms with Gasteiger partial charge in [0.15, 0.2) is 5.84 Å². The number of oxime groups is 1. The molecule has 5 nitrogen and oxygen atoms in total. The summed E-state index contributed by atoms with van der Waals surface area (Å²) in [5.41, 5.74) is 6.22. The lowest BCUT2D eigenvalue weighted by atomic mass is 10.1. The number of hydrogen-bond acceptors (Lipinski definition) is 4. The van der Waals surface area contributed by atoms with Crippen molar-refractivity contribution in [1.29, 1.82) is 0 Å². The molecule has 0 aliphatic heterocycles. The Kier molecular flexibility index (Phi) is 6.82. The first-order valence-corrected chi connectivity index (χ1v) is 5.87. The normalized spacial score (nSPS) is 12.1. The lowest BCUT2D eigenvalue weighted by Gasteiger charge is -2.08. The van der Waals surface area contributed by atoms with E-state index < -0.39 is 18.8 Å². The number of ether oxygens (including phenoxy) is 1. The molecule has 8 heteroatoms. The van der Waals surface area contributed by atoms with Gasteiger partial charge in [0.05, 0.1) is 6.61 Å². The van der Waals surface area contributed by atoms with Crippen molar-refractivity contribution in [2.75, 3.05) is 19.8 Å². The Morgan fingerprint density at radius 1 is 1.40 bits per heavy atom. The molecule has 0 saturated carbocycles. The molecule has 4 N–H and O–H groups in total. The number of nitrogens with one attached hydrogen (secondary N) is 1. The van der Waals surface area contributed by atoms with Crippen LogP contribution < -0.4 is 11.1 Å². The zero-order valence-electron chi connectivity index (χ0n) is 10.7. The minimum atomic E-state index is -2.48. The molecule has 0 atom stereocenters. The predicted octanol–water partition coefficient (Wildman–Crippen LogP) is 1.29. The molecule has 0 saturated heterocycles. The van der Waals surface area contributed by atoms with Crippen molar-refractivity contribution in [3.05, 3.63) is 35.1 Å². The Morgan fingerprint density at radius 3 is 2.80 bits per heavy atom. The summed E-state index contributed by atoms with van der Waals surface area (Å²) >= 11 is 0. The topological polar surface area (TPSA) is 79.9 Å². The zero-order chi connectivity index (χ0) is 15.0. The first-order chi connectivity index (χ1) is 9.52. The average molecular weight is 291 g/mol. The van der Waals surface area contributed by atoms with Crippen LogP contribution in [0, 0.1) is 5.82 Å². The lowest BCUT2D eigenvalue weighted by molar-refractivity contribution is 0.0187. The zero-order valence-corrected chi connectivity index (χ0v) is 10.7. The van der Waals surface area contributed by atoms with Gasteiger partial charge in [0.25, 0.3) is 6.43 Å². The molecule has 0 aliphatic rings. The van der Waals surface area contributed by atoms with Crippen LogP contribution in [-0.2, 0) is 11.3 Å². The SMILES string of the molecule is N/C(=N/O)c1cc(F)cc(CNCCOCC(F)F)c1. The van der Waals surface area contributed by atoms with Crippen molar-refractivity contribution >= 4 is 5.84 Å². The molecule has 0 fully saturated rings. The first kappa shape index (κ1) is 16.3. The number of rotatable bonds is 8. The summed E-state index contributed by atoms with van der Waals surface area (Å²) in [5, 5.41) is 14.2. The van der Waals surface area contributed by atoms with Crippen LogP contribution in [0.1, 0.15) is 11.1 Å². The fraction of sp³-hybridized carbons (Fsp3) is 0.417. The van der Waals surface area contributed by atoms with E-state index in [1.807, 2.05) is 0 Å². The van der Waals surface area contributed by atoms with Gasteiger partial charge in [-0.3, -0.25) is 0 Å². The predicted molar refractivity (Wildman–Crippen MR) is 67.4 cm³/mol. The van der Waals surface area contributed by atoms with Crippen molar-refractivity contribution in [3.8, 4) is 0 Å². The number of nitrogens with two attached hydrogens (primary N) is 1. The second kappa shape index (κ2) is 8.39. The van der Waals surface area contributed by atoms with Crippen LogP contribution in [0.25, 0.3) is 0 Å². The fourth-order valence-corrected chi connectivity index (χ4v) is 1.51. The monoisotopic (exact) mass is 291 g/mol. The minimum Gasteiger partial charge on any atom is -0.409 e. The number of halogens is 3. The third-order valence-corrected chi connectivity index (χ3v) is 2.36. The maximum Gasteiger partial charge on any atom is 0.261 e. The molecule has 0 aliphatic carbocycles. The number of amidine groups is 1. The van der Waals surface area contributed by atoms with Gasteiger partial charge in [-0.25, -0.2) is 13.2 Å². The summed E-state index contributed by atoms with van der Waals surface area (Å²) < 4.78 is 41.5. The second-order valence-electron chi connectivity index (χ2n) is 3.98. The van der Waals surface area contributed by atoms with E-state index in [0.29, 0.717) is 18.7 Å². The minimum absolute atomic E-state index is 0.132. The molecule has 0 heterocycles. The summed E-state index contributed by atoms with van der Waals surface area (Å²) in [6.45, 7) is 0.186. The van der Waals surface area contributed by atoms with E-state index in [4.69, 9.17) is 10.9 Å². The van der Waals surface area contributed by atoms with Gasteiger partial charge in [0, 0.05) is 18.7 Å². The summed E-state index contributed by atoms with van der Waals surface area (Å²) in [4.78, 5) is 0. The van der Waals surface area contributed by atoms with E-state index in [1.165, 1.54) is 6.07 Å².